The Bertz CT molecular complexity index is 891. The molecule has 31 heavy (non-hydrogen) atoms. The van der Waals surface area contributed by atoms with E-state index in [4.69, 9.17) is 4.74 Å². The largest absolute Gasteiger partial charge is 0.376 e. The highest BCUT2D eigenvalue weighted by molar-refractivity contribution is 14.0. The highest BCUT2D eigenvalue weighted by Gasteiger charge is 2.12. The maximum absolute atomic E-state index is 12.3. The molecule has 2 aromatic rings. The molecule has 1 unspecified atom stereocenters. The monoisotopic (exact) mass is 560 g/mol. The van der Waals surface area contributed by atoms with E-state index in [9.17, 15) is 8.42 Å². The predicted molar refractivity (Wildman–Crippen MR) is 136 cm³/mol. The third-order valence-electron chi connectivity index (χ3n) is 4.40. The first-order valence-electron chi connectivity index (χ1n) is 10.0. The number of ether oxygens (including phenoxy) is 1. The van der Waals surface area contributed by atoms with E-state index < -0.39 is 10.0 Å². The number of aliphatic imine (C=N–C) groups is 1. The molecule has 1 atom stereocenters. The van der Waals surface area contributed by atoms with Gasteiger partial charge in [-0.3, -0.25) is 4.99 Å². The van der Waals surface area contributed by atoms with Crippen LogP contribution in [0.3, 0.4) is 0 Å². The van der Waals surface area contributed by atoms with E-state index in [0.29, 0.717) is 38.2 Å². The SMILES string of the molecule is CN=C(NCCNS(=O)(=O)c1ccc(C)cc1)NCC(C)COCc1ccccc1.I. The first-order chi connectivity index (χ1) is 14.4. The highest BCUT2D eigenvalue weighted by Crippen LogP contribution is 2.09. The molecule has 0 aliphatic carbocycles. The van der Waals surface area contributed by atoms with E-state index in [1.54, 1.807) is 31.3 Å². The molecule has 0 saturated heterocycles. The Morgan fingerprint density at radius 1 is 1.03 bits per heavy atom. The van der Waals surface area contributed by atoms with Crippen molar-refractivity contribution in [3.8, 4) is 0 Å². The summed E-state index contributed by atoms with van der Waals surface area (Å²) >= 11 is 0. The molecule has 0 aromatic heterocycles. The summed E-state index contributed by atoms with van der Waals surface area (Å²) in [7, 11) is -1.82. The van der Waals surface area contributed by atoms with Gasteiger partial charge in [-0.15, -0.1) is 24.0 Å². The lowest BCUT2D eigenvalue weighted by Crippen LogP contribution is -2.43. The van der Waals surface area contributed by atoms with Crippen LogP contribution in [0.5, 0.6) is 0 Å². The maximum Gasteiger partial charge on any atom is 0.240 e. The molecule has 2 aromatic carbocycles. The lowest BCUT2D eigenvalue weighted by molar-refractivity contribution is 0.0931. The Morgan fingerprint density at radius 2 is 1.71 bits per heavy atom. The molecule has 0 aliphatic rings. The molecule has 3 N–H and O–H groups in total. The maximum atomic E-state index is 12.3. The standard InChI is InChI=1S/C22H32N4O3S.HI/c1-18-9-11-21(12-10-18)30(27,28)26-14-13-24-22(23-3)25-15-19(2)16-29-17-20-7-5-4-6-8-20;/h4-12,19,26H,13-17H2,1-3H3,(H2,23,24,25);1H. The first-order valence-corrected chi connectivity index (χ1v) is 11.5. The molecule has 2 rings (SSSR count). The number of benzene rings is 2. The van der Waals surface area contributed by atoms with Crippen molar-refractivity contribution in [2.45, 2.75) is 25.3 Å². The van der Waals surface area contributed by atoms with Gasteiger partial charge in [-0.05, 0) is 30.5 Å². The molecular weight excluding hydrogens is 527 g/mol. The quantitative estimate of drug-likeness (QED) is 0.170. The minimum absolute atomic E-state index is 0. The second-order valence-corrected chi connectivity index (χ2v) is 8.96. The Morgan fingerprint density at radius 3 is 2.35 bits per heavy atom. The average Bonchev–Trinajstić information content (AvgIpc) is 2.74. The summed E-state index contributed by atoms with van der Waals surface area (Å²) in [5.41, 5.74) is 2.17. The number of aryl methyl sites for hydroxylation is 1. The Labute approximate surface area is 203 Å². The van der Waals surface area contributed by atoms with Crippen molar-refractivity contribution >= 4 is 40.0 Å². The van der Waals surface area contributed by atoms with Gasteiger partial charge in [0.1, 0.15) is 0 Å². The molecule has 0 fully saturated rings. The number of nitrogens with zero attached hydrogens (tertiary/aromatic N) is 1. The Balaban J connectivity index is 0.00000480. The van der Waals surface area contributed by atoms with Crippen molar-refractivity contribution in [1.82, 2.24) is 15.4 Å². The van der Waals surface area contributed by atoms with E-state index in [1.165, 1.54) is 0 Å². The smallest absolute Gasteiger partial charge is 0.240 e. The second kappa shape index (κ2) is 14.4. The number of hydrogen-bond acceptors (Lipinski definition) is 4. The van der Waals surface area contributed by atoms with Crippen LogP contribution in [0.2, 0.25) is 0 Å². The molecule has 0 amide bonds. The van der Waals surface area contributed by atoms with Crippen molar-refractivity contribution in [2.75, 3.05) is 33.3 Å². The number of nitrogens with one attached hydrogen (secondary N) is 3. The van der Waals surface area contributed by atoms with Gasteiger partial charge in [-0.25, -0.2) is 13.1 Å². The van der Waals surface area contributed by atoms with Gasteiger partial charge in [0.15, 0.2) is 5.96 Å². The van der Waals surface area contributed by atoms with Gasteiger partial charge in [0.25, 0.3) is 0 Å². The molecule has 0 aliphatic heterocycles. The summed E-state index contributed by atoms with van der Waals surface area (Å²) in [6.07, 6.45) is 0. The molecule has 7 nitrogen and oxygen atoms in total. The lowest BCUT2D eigenvalue weighted by Gasteiger charge is -2.16. The molecule has 0 saturated carbocycles. The number of sulfonamides is 1. The van der Waals surface area contributed by atoms with Crippen molar-refractivity contribution < 1.29 is 13.2 Å². The molecule has 172 valence electrons. The average molecular weight is 561 g/mol. The van der Waals surface area contributed by atoms with Crippen molar-refractivity contribution in [2.24, 2.45) is 10.9 Å². The zero-order valence-corrected chi connectivity index (χ0v) is 21.4. The number of hydrogen-bond donors (Lipinski definition) is 3. The van der Waals surface area contributed by atoms with Gasteiger partial charge in [-0.1, -0.05) is 55.0 Å². The topological polar surface area (TPSA) is 91.8 Å². The van der Waals surface area contributed by atoms with Crippen molar-refractivity contribution in [3.63, 3.8) is 0 Å². The fourth-order valence-corrected chi connectivity index (χ4v) is 3.70. The van der Waals surface area contributed by atoms with Crippen LogP contribution in [0.1, 0.15) is 18.1 Å². The van der Waals surface area contributed by atoms with Gasteiger partial charge in [0, 0.05) is 26.7 Å². The van der Waals surface area contributed by atoms with E-state index in [-0.39, 0.29) is 35.4 Å². The lowest BCUT2D eigenvalue weighted by atomic mass is 10.2. The van der Waals surface area contributed by atoms with Crippen LogP contribution >= 0.6 is 24.0 Å². The van der Waals surface area contributed by atoms with Gasteiger partial charge in [0.05, 0.1) is 18.1 Å². The minimum Gasteiger partial charge on any atom is -0.376 e. The summed E-state index contributed by atoms with van der Waals surface area (Å²) < 4.78 is 32.9. The summed E-state index contributed by atoms with van der Waals surface area (Å²) in [5.74, 6) is 0.923. The van der Waals surface area contributed by atoms with Crippen LogP contribution < -0.4 is 15.4 Å². The van der Waals surface area contributed by atoms with Gasteiger partial charge in [0.2, 0.25) is 10.0 Å². The predicted octanol–water partition coefficient (Wildman–Crippen LogP) is 2.91. The molecule has 0 heterocycles. The number of guanidine groups is 1. The normalized spacial score (nSPS) is 12.7. The molecule has 0 spiro atoms. The van der Waals surface area contributed by atoms with Gasteiger partial charge in [-0.2, -0.15) is 0 Å². The summed E-state index contributed by atoms with van der Waals surface area (Å²) in [5, 5.41) is 6.35. The van der Waals surface area contributed by atoms with Gasteiger partial charge < -0.3 is 15.4 Å². The van der Waals surface area contributed by atoms with Crippen LogP contribution in [-0.4, -0.2) is 47.7 Å². The third kappa shape index (κ3) is 10.4. The Kier molecular flexibility index (Phi) is 12.7. The van der Waals surface area contributed by atoms with E-state index in [1.807, 2.05) is 37.3 Å². The first kappa shape index (κ1) is 27.3. The van der Waals surface area contributed by atoms with Crippen molar-refractivity contribution in [1.29, 1.82) is 0 Å². The van der Waals surface area contributed by atoms with Crippen LogP contribution in [0.25, 0.3) is 0 Å². The zero-order valence-electron chi connectivity index (χ0n) is 18.3. The summed E-state index contributed by atoms with van der Waals surface area (Å²) in [6, 6.07) is 16.8. The van der Waals surface area contributed by atoms with Gasteiger partial charge >= 0.3 is 0 Å². The van der Waals surface area contributed by atoms with E-state index in [2.05, 4.69) is 27.3 Å². The van der Waals surface area contributed by atoms with E-state index in [0.717, 1.165) is 11.1 Å². The van der Waals surface area contributed by atoms with Crippen LogP contribution in [0, 0.1) is 12.8 Å². The van der Waals surface area contributed by atoms with Crippen LogP contribution in [-0.2, 0) is 21.4 Å². The number of halogens is 1. The molecular formula is C22H33IN4O3S. The second-order valence-electron chi connectivity index (χ2n) is 7.20. The summed E-state index contributed by atoms with van der Waals surface area (Å²) in [6.45, 7) is 6.62. The zero-order chi connectivity index (χ0) is 21.8. The Hall–Kier alpha value is -1.69. The molecule has 9 heteroatoms. The van der Waals surface area contributed by atoms with Crippen LogP contribution in [0.4, 0.5) is 0 Å². The third-order valence-corrected chi connectivity index (χ3v) is 5.87. The molecule has 0 bridgehead atoms. The summed E-state index contributed by atoms with van der Waals surface area (Å²) in [4.78, 5) is 4.43. The van der Waals surface area contributed by atoms with Crippen molar-refractivity contribution in [3.05, 3.63) is 65.7 Å². The van der Waals surface area contributed by atoms with E-state index >= 15 is 0 Å². The van der Waals surface area contributed by atoms with Crippen LogP contribution in [0.15, 0.2) is 64.5 Å². The molecule has 0 radical (unpaired) electrons. The highest BCUT2D eigenvalue weighted by atomic mass is 127. The fourth-order valence-electron chi connectivity index (χ4n) is 2.67. The minimum atomic E-state index is -3.51. The number of rotatable bonds is 11. The fraction of sp³-hybridized carbons (Fsp3) is 0.409.